The van der Waals surface area contributed by atoms with Gasteiger partial charge in [-0.2, -0.15) is 0 Å². The van der Waals surface area contributed by atoms with Crippen LogP contribution < -0.4 is 0 Å². The number of hydrogen-bond acceptors (Lipinski definition) is 2. The van der Waals surface area contributed by atoms with Gasteiger partial charge in [0.15, 0.2) is 0 Å². The van der Waals surface area contributed by atoms with E-state index >= 15 is 0 Å². The van der Waals surface area contributed by atoms with Crippen molar-refractivity contribution >= 4 is 0 Å². The van der Waals surface area contributed by atoms with Crippen LogP contribution >= 0.6 is 0 Å². The Morgan fingerprint density at radius 1 is 0.545 bits per heavy atom. The summed E-state index contributed by atoms with van der Waals surface area (Å²) in [5, 5.41) is 27.9. The van der Waals surface area contributed by atoms with E-state index in [9.17, 15) is 10.4 Å². The monoisotopic (exact) mass is 302 g/mol. The van der Waals surface area contributed by atoms with E-state index in [0.29, 0.717) is 0 Å². The second kappa shape index (κ2) is 3.93. The molecule has 0 N–H and O–H groups in total. The van der Waals surface area contributed by atoms with Crippen molar-refractivity contribution in [1.29, 1.82) is 0 Å². The number of hydrogen-bond donors (Lipinski definition) is 0. The second-order valence-electron chi connectivity index (χ2n) is 8.77. The third-order valence-corrected chi connectivity index (χ3v) is 5.83. The zero-order chi connectivity index (χ0) is 16.9. The summed E-state index contributed by atoms with van der Waals surface area (Å²) in [6, 6.07) is 4.20. The average molecular weight is 302 g/mol. The fourth-order valence-corrected chi connectivity index (χ4v) is 4.46. The minimum absolute atomic E-state index is 0.579. The van der Waals surface area contributed by atoms with E-state index in [2.05, 4.69) is 12.1 Å². The van der Waals surface area contributed by atoms with Gasteiger partial charge in [0.25, 0.3) is 0 Å². The van der Waals surface area contributed by atoms with Crippen LogP contribution in [0, 0.1) is 0 Å². The molecule has 0 fully saturated rings. The summed E-state index contributed by atoms with van der Waals surface area (Å²) in [6.45, 7) is 15.7. The van der Waals surface area contributed by atoms with Crippen LogP contribution in [0.25, 0.3) is 0 Å². The number of rotatable bonds is 0. The van der Waals surface area contributed by atoms with Crippen molar-refractivity contribution in [2.24, 2.45) is 0 Å². The van der Waals surface area contributed by atoms with E-state index in [1.807, 2.05) is 55.4 Å². The van der Waals surface area contributed by atoms with Gasteiger partial charge in [-0.25, -0.2) is 0 Å². The fourth-order valence-electron chi connectivity index (χ4n) is 4.46. The summed E-state index contributed by atoms with van der Waals surface area (Å²) in [5.41, 5.74) is 1.87. The topological polar surface area (TPSA) is 46.3 Å². The first kappa shape index (κ1) is 15.9. The van der Waals surface area contributed by atoms with E-state index in [-0.39, 0.29) is 0 Å². The van der Waals surface area contributed by atoms with Gasteiger partial charge in [-0.3, -0.25) is 0 Å². The Morgan fingerprint density at radius 2 is 0.727 bits per heavy atom. The van der Waals surface area contributed by atoms with Crippen molar-refractivity contribution in [1.82, 2.24) is 10.1 Å². The third kappa shape index (κ3) is 1.56. The Balaban J connectivity index is 2.36. The van der Waals surface area contributed by atoms with Gasteiger partial charge >= 0.3 is 0 Å². The lowest BCUT2D eigenvalue weighted by atomic mass is 9.81. The van der Waals surface area contributed by atoms with Gasteiger partial charge in [0.05, 0.1) is 22.2 Å². The second-order valence-corrected chi connectivity index (χ2v) is 8.77. The van der Waals surface area contributed by atoms with Crippen LogP contribution in [0.5, 0.6) is 0 Å². The Hall–Kier alpha value is -0.940. The first-order valence-electron chi connectivity index (χ1n) is 7.91. The van der Waals surface area contributed by atoms with E-state index in [0.717, 1.165) is 22.3 Å². The van der Waals surface area contributed by atoms with Gasteiger partial charge < -0.3 is 0 Å². The lowest BCUT2D eigenvalue weighted by Gasteiger charge is -2.33. The molecule has 0 aliphatic carbocycles. The molecule has 0 atom stereocenters. The van der Waals surface area contributed by atoms with E-state index in [1.54, 1.807) is 0 Å². The first-order chi connectivity index (χ1) is 9.76. The molecule has 1 aromatic rings. The molecule has 0 saturated heterocycles. The molecular weight excluding hydrogens is 276 g/mol. The molecule has 2 heterocycles. The van der Waals surface area contributed by atoms with E-state index < -0.39 is 22.2 Å². The van der Waals surface area contributed by atoms with Crippen LogP contribution in [0.3, 0.4) is 0 Å². The van der Waals surface area contributed by atoms with E-state index in [4.69, 9.17) is 0 Å². The van der Waals surface area contributed by atoms with Crippen molar-refractivity contribution in [3.63, 3.8) is 0 Å². The molecule has 0 aromatic heterocycles. The largest absolute Gasteiger partial charge is 0.135 e. The lowest BCUT2D eigenvalue weighted by Crippen LogP contribution is -2.42. The summed E-state index contributed by atoms with van der Waals surface area (Å²) in [4.78, 5) is 0. The summed E-state index contributed by atoms with van der Waals surface area (Å²) >= 11 is 0. The van der Waals surface area contributed by atoms with Gasteiger partial charge in [0, 0.05) is 0 Å². The van der Waals surface area contributed by atoms with Crippen molar-refractivity contribution in [3.05, 3.63) is 34.4 Å². The van der Waals surface area contributed by atoms with Crippen LogP contribution in [-0.4, -0.2) is 10.1 Å². The zero-order valence-corrected chi connectivity index (χ0v) is 14.9. The molecule has 0 unspecified atom stereocenters. The molecule has 0 amide bonds. The van der Waals surface area contributed by atoms with Crippen LogP contribution in [-0.2, 0) is 32.6 Å². The molecule has 3 rings (SSSR count). The van der Waals surface area contributed by atoms with Gasteiger partial charge in [0.2, 0.25) is 0 Å². The fraction of sp³-hybridized carbons (Fsp3) is 0.667. The number of benzene rings is 1. The molecule has 120 valence electrons. The van der Waals surface area contributed by atoms with Crippen molar-refractivity contribution in [2.75, 3.05) is 0 Å². The van der Waals surface area contributed by atoms with Gasteiger partial charge in [0.1, 0.15) is 0 Å². The maximum absolute atomic E-state index is 12.8. The Labute approximate surface area is 133 Å². The minimum atomic E-state index is -0.579. The van der Waals surface area contributed by atoms with Crippen LogP contribution in [0.15, 0.2) is 12.1 Å². The number of hydroxylamine groups is 4. The minimum Gasteiger partial charge on any atom is -0.135 e. The van der Waals surface area contributed by atoms with Crippen molar-refractivity contribution < 1.29 is 10.4 Å². The molecule has 0 saturated carbocycles. The summed E-state index contributed by atoms with van der Waals surface area (Å²) in [5.74, 6) is 0. The van der Waals surface area contributed by atoms with Crippen molar-refractivity contribution in [2.45, 2.75) is 77.5 Å². The predicted molar refractivity (Wildman–Crippen MR) is 83.6 cm³/mol. The van der Waals surface area contributed by atoms with Crippen LogP contribution in [0.2, 0.25) is 0 Å². The molecular formula is C18H26N2O2. The molecule has 1 aromatic carbocycles. The van der Waals surface area contributed by atoms with Crippen LogP contribution in [0.1, 0.15) is 77.6 Å². The molecule has 22 heavy (non-hydrogen) atoms. The quantitative estimate of drug-likeness (QED) is 0.728. The predicted octanol–water partition coefficient (Wildman–Crippen LogP) is 3.95. The summed E-state index contributed by atoms with van der Waals surface area (Å²) in [6.07, 6.45) is 0. The molecule has 2 aliphatic heterocycles. The number of nitrogens with zero attached hydrogens (tertiary/aromatic N) is 2. The van der Waals surface area contributed by atoms with Gasteiger partial charge in [-0.05, 0) is 77.6 Å². The highest BCUT2D eigenvalue weighted by atomic mass is 16.5. The van der Waals surface area contributed by atoms with E-state index in [1.165, 1.54) is 10.1 Å². The molecule has 2 aliphatic rings. The highest BCUT2D eigenvalue weighted by Crippen LogP contribution is 2.55. The molecule has 2 radical (unpaired) electrons. The average Bonchev–Trinajstić information content (AvgIpc) is 2.63. The SMILES string of the molecule is CC1(C)c2cc3c(cc2C(C)(C)N1[O])C(C)(C)N([O])C3(C)C. The Bertz CT molecular complexity index is 551. The highest BCUT2D eigenvalue weighted by Gasteiger charge is 2.55. The number of fused-ring (bicyclic) bond motifs is 2. The maximum Gasteiger partial charge on any atom is 0.0699 e. The zero-order valence-electron chi connectivity index (χ0n) is 14.9. The van der Waals surface area contributed by atoms with Crippen LogP contribution in [0.4, 0.5) is 0 Å². The standard InChI is InChI=1S/C18H26N2O2/c1-15(2)11-9-13-14(10-12(11)16(3,4)19(15)21)18(7,8)20(22)17(13,5)6/h9-10H,1-8H3. The first-order valence-corrected chi connectivity index (χ1v) is 7.91. The Morgan fingerprint density at radius 3 is 0.909 bits per heavy atom. The lowest BCUT2D eigenvalue weighted by molar-refractivity contribution is -0.268. The third-order valence-electron chi connectivity index (χ3n) is 5.83. The van der Waals surface area contributed by atoms with Crippen molar-refractivity contribution in [3.8, 4) is 0 Å². The molecule has 4 heteroatoms. The van der Waals surface area contributed by atoms with Gasteiger partial charge in [-0.15, -0.1) is 20.5 Å². The smallest absolute Gasteiger partial charge is 0.0699 e. The molecule has 4 nitrogen and oxygen atoms in total. The Kier molecular flexibility index (Phi) is 2.85. The molecule has 0 spiro atoms. The normalized spacial score (nSPS) is 27.7. The summed E-state index contributed by atoms with van der Waals surface area (Å²) in [7, 11) is 0. The summed E-state index contributed by atoms with van der Waals surface area (Å²) < 4.78 is 0. The van der Waals surface area contributed by atoms with Gasteiger partial charge in [-0.1, -0.05) is 12.1 Å². The molecule has 0 bridgehead atoms. The highest BCUT2D eigenvalue weighted by molar-refractivity contribution is 5.53. The maximum atomic E-state index is 12.8.